The van der Waals surface area contributed by atoms with E-state index in [1.165, 1.54) is 225 Å². The van der Waals surface area contributed by atoms with Crippen LogP contribution in [0.5, 0.6) is 0 Å². The summed E-state index contributed by atoms with van der Waals surface area (Å²) in [7, 11) is -9.92. The molecule has 17 nitrogen and oxygen atoms in total. The lowest BCUT2D eigenvalue weighted by molar-refractivity contribution is -0.161. The second kappa shape index (κ2) is 72.0. The number of rotatable bonds is 80. The molecule has 0 fully saturated rings. The van der Waals surface area contributed by atoms with Crippen molar-refractivity contribution in [2.45, 2.75) is 446 Å². The maximum atomic E-state index is 13.1. The summed E-state index contributed by atoms with van der Waals surface area (Å²) in [4.78, 5) is 73.1. The highest BCUT2D eigenvalue weighted by molar-refractivity contribution is 7.47. The van der Waals surface area contributed by atoms with Gasteiger partial charge in [-0.05, 0) is 49.4 Å². The fourth-order valence-electron chi connectivity index (χ4n) is 12.8. The maximum Gasteiger partial charge on any atom is 0.472 e. The van der Waals surface area contributed by atoms with Gasteiger partial charge < -0.3 is 33.8 Å². The smallest absolute Gasteiger partial charge is 0.462 e. The van der Waals surface area contributed by atoms with Gasteiger partial charge in [-0.2, -0.15) is 0 Å². The summed E-state index contributed by atoms with van der Waals surface area (Å²) in [6, 6.07) is 0. The van der Waals surface area contributed by atoms with Crippen molar-refractivity contribution in [2.24, 2.45) is 23.7 Å². The van der Waals surface area contributed by atoms with Gasteiger partial charge >= 0.3 is 39.5 Å². The monoisotopic (exact) mass is 1490 g/mol. The van der Waals surface area contributed by atoms with Gasteiger partial charge in [-0.1, -0.05) is 376 Å². The maximum absolute atomic E-state index is 13.1. The van der Waals surface area contributed by atoms with Crippen LogP contribution in [-0.2, 0) is 65.4 Å². The van der Waals surface area contributed by atoms with E-state index < -0.39 is 97.5 Å². The van der Waals surface area contributed by atoms with Gasteiger partial charge in [0.15, 0.2) is 12.2 Å². The summed E-state index contributed by atoms with van der Waals surface area (Å²) < 4.78 is 68.8. The Balaban J connectivity index is 5.23. The van der Waals surface area contributed by atoms with Gasteiger partial charge in [0.1, 0.15) is 19.3 Å². The van der Waals surface area contributed by atoms with E-state index in [4.69, 9.17) is 37.0 Å². The topological polar surface area (TPSA) is 237 Å². The zero-order chi connectivity index (χ0) is 75.3. The molecule has 0 amide bonds. The summed E-state index contributed by atoms with van der Waals surface area (Å²) in [6.07, 6.45) is 59.7. The Morgan fingerprint density at radius 2 is 0.471 bits per heavy atom. The Bertz CT molecular complexity index is 1990. The van der Waals surface area contributed by atoms with Crippen molar-refractivity contribution in [1.29, 1.82) is 0 Å². The van der Waals surface area contributed by atoms with Gasteiger partial charge in [-0.25, -0.2) is 9.13 Å². The molecular weight excluding hydrogens is 1330 g/mol. The normalized spacial score (nSPS) is 14.3. The highest BCUT2D eigenvalue weighted by Gasteiger charge is 2.30. The molecule has 0 aliphatic rings. The van der Waals surface area contributed by atoms with Crippen molar-refractivity contribution in [3.05, 3.63) is 0 Å². The minimum Gasteiger partial charge on any atom is -0.462 e. The third-order valence-corrected chi connectivity index (χ3v) is 21.6. The molecule has 102 heavy (non-hydrogen) atoms. The second-order valence-electron chi connectivity index (χ2n) is 31.5. The number of esters is 4. The van der Waals surface area contributed by atoms with E-state index in [2.05, 4.69) is 55.4 Å². The first-order chi connectivity index (χ1) is 49.1. The Morgan fingerprint density at radius 3 is 0.696 bits per heavy atom. The third kappa shape index (κ3) is 74.9. The van der Waals surface area contributed by atoms with Crippen molar-refractivity contribution in [2.75, 3.05) is 39.6 Å². The summed E-state index contributed by atoms with van der Waals surface area (Å²) >= 11 is 0. The third-order valence-electron chi connectivity index (χ3n) is 19.7. The van der Waals surface area contributed by atoms with E-state index in [9.17, 15) is 43.2 Å². The number of unbranched alkanes of at least 4 members (excludes halogenated alkanes) is 45. The number of aliphatic hydroxyl groups excluding tert-OH is 1. The average Bonchev–Trinajstić information content (AvgIpc) is 0.909. The summed E-state index contributed by atoms with van der Waals surface area (Å²) in [6.45, 7) is 14.3. The lowest BCUT2D eigenvalue weighted by Gasteiger charge is -2.21. The highest BCUT2D eigenvalue weighted by Crippen LogP contribution is 2.45. The molecule has 6 atom stereocenters. The van der Waals surface area contributed by atoms with E-state index >= 15 is 0 Å². The van der Waals surface area contributed by atoms with Crippen LogP contribution < -0.4 is 0 Å². The molecule has 0 spiro atoms. The summed E-state index contributed by atoms with van der Waals surface area (Å²) in [5.41, 5.74) is 0. The Morgan fingerprint density at radius 1 is 0.275 bits per heavy atom. The fraction of sp³-hybridized carbons (Fsp3) is 0.952. The number of carbonyl (C=O) groups excluding carboxylic acids is 4. The predicted octanol–water partition coefficient (Wildman–Crippen LogP) is 24.8. The molecule has 0 rings (SSSR count). The molecule has 0 aromatic rings. The molecule has 19 heteroatoms. The van der Waals surface area contributed by atoms with Crippen LogP contribution in [0.2, 0.25) is 0 Å². The zero-order valence-corrected chi connectivity index (χ0v) is 69.0. The van der Waals surface area contributed by atoms with Crippen molar-refractivity contribution in [3.8, 4) is 0 Å². The van der Waals surface area contributed by atoms with Crippen LogP contribution in [0.15, 0.2) is 0 Å². The van der Waals surface area contributed by atoms with Gasteiger partial charge in [0.2, 0.25) is 0 Å². The molecule has 0 bridgehead atoms. The Hall–Kier alpha value is -1.94. The largest absolute Gasteiger partial charge is 0.472 e. The quantitative estimate of drug-likeness (QED) is 0.0222. The number of ether oxygens (including phenoxy) is 4. The van der Waals surface area contributed by atoms with E-state index in [-0.39, 0.29) is 25.7 Å². The van der Waals surface area contributed by atoms with Gasteiger partial charge in [-0.15, -0.1) is 0 Å². The lowest BCUT2D eigenvalue weighted by atomic mass is 9.99. The number of phosphoric ester groups is 2. The molecule has 0 saturated heterocycles. The average molecular weight is 1490 g/mol. The van der Waals surface area contributed by atoms with Gasteiger partial charge in [0.05, 0.1) is 26.4 Å². The second-order valence-corrected chi connectivity index (χ2v) is 34.4. The standard InChI is InChI=1S/C83H162O17P2/c1-9-76(8)62-54-46-37-31-25-19-14-16-22-28-34-40-50-58-65-82(87)99-78(69-93-80(85)63-55-47-38-32-26-20-15-13-18-24-30-36-44-52-60-74(4)5)71-97-101(89,90)95-67-77(84)68-96-102(91,92)98-72-79(70-94-81(86)64-56-48-42-41-45-53-61-75(6)7)100-83(88)66-57-49-39-33-27-21-12-10-11-17-23-29-35-43-51-59-73(2)3/h73-79,84H,9-72H2,1-8H3,(H,89,90)(H,91,92)/t76?,77?,78-,79-/m1/s1. The van der Waals surface area contributed by atoms with Crippen LogP contribution in [0.1, 0.15) is 428 Å². The first-order valence-electron chi connectivity index (χ1n) is 42.7. The number of hydrogen-bond acceptors (Lipinski definition) is 15. The predicted molar refractivity (Wildman–Crippen MR) is 418 cm³/mol. The molecule has 4 unspecified atom stereocenters. The summed E-state index contributed by atoms with van der Waals surface area (Å²) in [5, 5.41) is 10.7. The van der Waals surface area contributed by atoms with Gasteiger partial charge in [0.25, 0.3) is 0 Å². The Kier molecular flexibility index (Phi) is 70.6. The van der Waals surface area contributed by atoms with Gasteiger partial charge in [-0.3, -0.25) is 37.3 Å². The first kappa shape index (κ1) is 100. The zero-order valence-electron chi connectivity index (χ0n) is 67.2. The van der Waals surface area contributed by atoms with Crippen molar-refractivity contribution < 1.29 is 80.2 Å². The number of aliphatic hydroxyl groups is 1. The molecule has 0 radical (unpaired) electrons. The molecule has 0 saturated carbocycles. The lowest BCUT2D eigenvalue weighted by Crippen LogP contribution is -2.30. The molecule has 0 aromatic heterocycles. The Labute approximate surface area is 626 Å². The summed E-state index contributed by atoms with van der Waals surface area (Å²) in [5.74, 6) is 1.01. The first-order valence-corrected chi connectivity index (χ1v) is 45.7. The van der Waals surface area contributed by atoms with Crippen molar-refractivity contribution >= 4 is 39.5 Å². The minimum atomic E-state index is -4.96. The van der Waals surface area contributed by atoms with Crippen LogP contribution in [0.3, 0.4) is 0 Å². The number of phosphoric acid groups is 2. The van der Waals surface area contributed by atoms with E-state index in [0.717, 1.165) is 114 Å². The SMILES string of the molecule is CCC(C)CCCCCCCCCCCCCCCCC(=O)O[C@H](COC(=O)CCCCCCCCCCCCCCCCC(C)C)COP(=O)(O)OCC(O)COP(=O)(O)OC[C@@H](COC(=O)CCCCCCCCC(C)C)OC(=O)CCCCCCCCCCCCCCCCCC(C)C. The molecule has 3 N–H and O–H groups in total. The van der Waals surface area contributed by atoms with Crippen LogP contribution in [0, 0.1) is 23.7 Å². The van der Waals surface area contributed by atoms with Crippen molar-refractivity contribution in [3.63, 3.8) is 0 Å². The van der Waals surface area contributed by atoms with Crippen LogP contribution in [-0.4, -0.2) is 96.7 Å². The molecule has 606 valence electrons. The molecule has 0 heterocycles. The van der Waals surface area contributed by atoms with E-state index in [1.54, 1.807) is 0 Å². The minimum absolute atomic E-state index is 0.106. The van der Waals surface area contributed by atoms with Crippen LogP contribution in [0.25, 0.3) is 0 Å². The number of hydrogen-bond donors (Lipinski definition) is 3. The molecule has 0 aliphatic carbocycles. The highest BCUT2D eigenvalue weighted by atomic mass is 31.2. The molecule has 0 aromatic carbocycles. The van der Waals surface area contributed by atoms with Crippen LogP contribution in [0.4, 0.5) is 0 Å². The van der Waals surface area contributed by atoms with Crippen LogP contribution >= 0.6 is 15.6 Å². The molecular formula is C83H162O17P2. The van der Waals surface area contributed by atoms with E-state index in [1.807, 2.05) is 0 Å². The van der Waals surface area contributed by atoms with Crippen molar-refractivity contribution in [1.82, 2.24) is 0 Å². The van der Waals surface area contributed by atoms with Gasteiger partial charge in [0, 0.05) is 25.7 Å². The van der Waals surface area contributed by atoms with E-state index in [0.29, 0.717) is 31.6 Å². The molecule has 0 aliphatic heterocycles. The number of carbonyl (C=O) groups is 4. The fourth-order valence-corrected chi connectivity index (χ4v) is 14.3.